The van der Waals surface area contributed by atoms with Crippen molar-refractivity contribution in [1.29, 1.82) is 0 Å². The quantitative estimate of drug-likeness (QED) is 0.383. The van der Waals surface area contributed by atoms with E-state index in [4.69, 9.17) is 4.74 Å². The van der Waals surface area contributed by atoms with Crippen LogP contribution in [0.4, 0.5) is 0 Å². The molecule has 2 aromatic rings. The predicted molar refractivity (Wildman–Crippen MR) is 140 cm³/mol. The van der Waals surface area contributed by atoms with Gasteiger partial charge < -0.3 is 20.0 Å². The third kappa shape index (κ3) is 6.64. The second kappa shape index (κ2) is 13.1. The summed E-state index contributed by atoms with van der Waals surface area (Å²) in [7, 11) is 1.66. The molecule has 1 aromatic heterocycles. The highest BCUT2D eigenvalue weighted by Gasteiger charge is 2.29. The zero-order valence-corrected chi connectivity index (χ0v) is 21.3. The lowest BCUT2D eigenvalue weighted by Gasteiger charge is -2.38. The Morgan fingerprint density at radius 2 is 2.03 bits per heavy atom. The fraction of sp³-hybridized carbons (Fsp3) is 0.667. The Hall–Kier alpha value is -1.38. The van der Waals surface area contributed by atoms with Gasteiger partial charge in [0.2, 0.25) is 0 Å². The number of hydrogen-bond donors (Lipinski definition) is 3. The number of aromatic nitrogens is 1. The van der Waals surface area contributed by atoms with E-state index in [1.165, 1.54) is 37.9 Å². The van der Waals surface area contributed by atoms with Crippen molar-refractivity contribution in [3.63, 3.8) is 0 Å². The summed E-state index contributed by atoms with van der Waals surface area (Å²) in [6, 6.07) is 7.65. The molecule has 3 N–H and O–H groups in total. The number of aliphatic hydroxyl groups is 1. The first-order valence-corrected chi connectivity index (χ1v) is 14.0. The van der Waals surface area contributed by atoms with E-state index in [1.54, 1.807) is 13.3 Å². The number of hydrogen-bond acceptors (Lipinski definition) is 7. The van der Waals surface area contributed by atoms with E-state index in [9.17, 15) is 10.3 Å². The Kier molecular flexibility index (Phi) is 9.88. The van der Waals surface area contributed by atoms with Crippen LogP contribution in [0.1, 0.15) is 63.0 Å². The van der Waals surface area contributed by atoms with Crippen LogP contribution in [0.15, 0.2) is 30.5 Å². The average Bonchev–Trinajstić information content (AvgIpc) is 2.89. The van der Waals surface area contributed by atoms with Crippen molar-refractivity contribution in [2.45, 2.75) is 62.7 Å². The molecule has 3 atom stereocenters. The normalized spacial score (nSPS) is 23.3. The SMILES string of the molecule is COc1ccc2nccc(C(CC[C@@H]3CCN(CCSC4CCCCC4)C[C@@H]3CO)NO)c2c1. The Morgan fingerprint density at radius 1 is 1.18 bits per heavy atom. The maximum Gasteiger partial charge on any atom is 0.119 e. The molecule has 2 heterocycles. The first kappa shape index (κ1) is 25.7. The standard InChI is InChI=1S/C27H41N3O3S/c1-33-22-8-10-26-25(17-22)24(11-13-28-26)27(29-32)9-7-20-12-14-30(18-21(20)19-31)15-16-34-23-5-3-2-4-6-23/h8,10-11,13,17,20-21,23,27,29,31-32H,2-7,9,12,14-16,18-19H2,1H3/t20-,21-,27?/m1/s1. The first-order valence-electron chi connectivity index (χ1n) is 13.0. The van der Waals surface area contributed by atoms with E-state index in [0.717, 1.165) is 66.4 Å². The molecule has 0 radical (unpaired) electrons. The number of thioether (sulfide) groups is 1. The molecule has 34 heavy (non-hydrogen) atoms. The van der Waals surface area contributed by atoms with Gasteiger partial charge in [-0.25, -0.2) is 0 Å². The van der Waals surface area contributed by atoms with Crippen molar-refractivity contribution < 1.29 is 15.1 Å². The van der Waals surface area contributed by atoms with Crippen molar-refractivity contribution in [3.05, 3.63) is 36.0 Å². The van der Waals surface area contributed by atoms with Crippen LogP contribution in [0.2, 0.25) is 0 Å². The summed E-state index contributed by atoms with van der Waals surface area (Å²) >= 11 is 2.16. The summed E-state index contributed by atoms with van der Waals surface area (Å²) in [6.45, 7) is 3.47. The summed E-state index contributed by atoms with van der Waals surface area (Å²) in [5, 5.41) is 22.0. The summed E-state index contributed by atoms with van der Waals surface area (Å²) in [4.78, 5) is 7.02. The average molecular weight is 488 g/mol. The van der Waals surface area contributed by atoms with Gasteiger partial charge >= 0.3 is 0 Å². The summed E-state index contributed by atoms with van der Waals surface area (Å²) < 4.78 is 5.40. The number of nitrogens with zero attached hydrogens (tertiary/aromatic N) is 2. The Bertz CT molecular complexity index is 893. The number of ether oxygens (including phenoxy) is 1. The number of nitrogens with one attached hydrogen (secondary N) is 1. The van der Waals surface area contributed by atoms with E-state index in [2.05, 4.69) is 27.1 Å². The van der Waals surface area contributed by atoms with Crippen molar-refractivity contribution in [2.75, 3.05) is 39.1 Å². The van der Waals surface area contributed by atoms with Gasteiger partial charge in [0.05, 0.1) is 18.7 Å². The summed E-state index contributed by atoms with van der Waals surface area (Å²) in [5.41, 5.74) is 4.47. The highest BCUT2D eigenvalue weighted by molar-refractivity contribution is 7.99. The highest BCUT2D eigenvalue weighted by Crippen LogP contribution is 2.34. The van der Waals surface area contributed by atoms with Crippen LogP contribution in [0.25, 0.3) is 10.9 Å². The molecule has 2 aliphatic rings. The molecule has 1 unspecified atom stereocenters. The van der Waals surface area contributed by atoms with Crippen LogP contribution >= 0.6 is 11.8 Å². The summed E-state index contributed by atoms with van der Waals surface area (Å²) in [5.74, 6) is 2.78. The van der Waals surface area contributed by atoms with Gasteiger partial charge in [-0.15, -0.1) is 0 Å². The third-order valence-electron chi connectivity index (χ3n) is 7.86. The summed E-state index contributed by atoms with van der Waals surface area (Å²) in [6.07, 6.45) is 11.7. The van der Waals surface area contributed by atoms with Crippen molar-refractivity contribution in [1.82, 2.24) is 15.4 Å². The van der Waals surface area contributed by atoms with Crippen LogP contribution < -0.4 is 10.2 Å². The molecule has 0 amide bonds. The maximum absolute atomic E-state index is 10.1. The number of hydroxylamine groups is 1. The number of piperidine rings is 1. The largest absolute Gasteiger partial charge is 0.497 e. The molecule has 7 heteroatoms. The van der Waals surface area contributed by atoms with Gasteiger partial charge in [0.25, 0.3) is 0 Å². The Morgan fingerprint density at radius 3 is 2.79 bits per heavy atom. The number of aliphatic hydroxyl groups excluding tert-OH is 1. The van der Waals surface area contributed by atoms with E-state index in [1.807, 2.05) is 24.3 Å². The molecular weight excluding hydrogens is 446 g/mol. The Balaban J connectivity index is 1.30. The van der Waals surface area contributed by atoms with Crippen LogP contribution in [0.5, 0.6) is 5.75 Å². The Labute approximate surface area is 208 Å². The predicted octanol–water partition coefficient (Wildman–Crippen LogP) is 5.04. The van der Waals surface area contributed by atoms with Gasteiger partial charge in [-0.1, -0.05) is 19.3 Å². The van der Waals surface area contributed by atoms with E-state index in [0.29, 0.717) is 11.8 Å². The van der Waals surface area contributed by atoms with Crippen molar-refractivity contribution in [3.8, 4) is 5.75 Å². The number of benzene rings is 1. The molecule has 1 aromatic carbocycles. The molecule has 1 saturated heterocycles. The molecule has 6 nitrogen and oxygen atoms in total. The molecule has 0 spiro atoms. The smallest absolute Gasteiger partial charge is 0.119 e. The number of methoxy groups -OCH3 is 1. The van der Waals surface area contributed by atoms with E-state index >= 15 is 0 Å². The maximum atomic E-state index is 10.1. The van der Waals surface area contributed by atoms with Crippen LogP contribution in [0, 0.1) is 11.8 Å². The van der Waals surface area contributed by atoms with E-state index < -0.39 is 0 Å². The van der Waals surface area contributed by atoms with Gasteiger partial charge in [0.1, 0.15) is 5.75 Å². The minimum absolute atomic E-state index is 0.179. The van der Waals surface area contributed by atoms with Crippen LogP contribution in [-0.4, -0.2) is 64.6 Å². The molecule has 1 aliphatic heterocycles. The molecule has 1 aliphatic carbocycles. The van der Waals surface area contributed by atoms with Crippen molar-refractivity contribution >= 4 is 22.7 Å². The number of rotatable bonds is 11. The van der Waals surface area contributed by atoms with Crippen LogP contribution in [-0.2, 0) is 0 Å². The zero-order valence-electron chi connectivity index (χ0n) is 20.5. The zero-order chi connectivity index (χ0) is 23.8. The molecule has 1 saturated carbocycles. The lowest BCUT2D eigenvalue weighted by atomic mass is 9.81. The van der Waals surface area contributed by atoms with E-state index in [-0.39, 0.29) is 12.6 Å². The number of pyridine rings is 1. The number of fused-ring (bicyclic) bond motifs is 1. The van der Waals surface area contributed by atoms with Crippen LogP contribution in [0.3, 0.4) is 0 Å². The second-order valence-corrected chi connectivity index (χ2v) is 11.4. The molecule has 0 bridgehead atoms. The lowest BCUT2D eigenvalue weighted by Crippen LogP contribution is -2.43. The van der Waals surface area contributed by atoms with Gasteiger partial charge in [-0.2, -0.15) is 17.2 Å². The van der Waals surface area contributed by atoms with Gasteiger partial charge in [-0.05, 0) is 80.3 Å². The molecule has 2 fully saturated rings. The fourth-order valence-corrected chi connectivity index (χ4v) is 7.14. The fourth-order valence-electron chi connectivity index (χ4n) is 5.77. The molecule has 4 rings (SSSR count). The minimum Gasteiger partial charge on any atom is -0.497 e. The minimum atomic E-state index is -0.179. The third-order valence-corrected chi connectivity index (χ3v) is 9.22. The molecular formula is C27H41N3O3S. The van der Waals surface area contributed by atoms with Gasteiger partial charge in [0, 0.05) is 42.3 Å². The number of likely N-dealkylation sites (tertiary alicyclic amines) is 1. The van der Waals surface area contributed by atoms with Crippen molar-refractivity contribution in [2.24, 2.45) is 11.8 Å². The van der Waals surface area contributed by atoms with Gasteiger partial charge in [-0.3, -0.25) is 4.98 Å². The molecule has 188 valence electrons. The monoisotopic (exact) mass is 487 g/mol. The first-order chi connectivity index (χ1) is 16.7. The second-order valence-electron chi connectivity index (χ2n) is 9.97. The van der Waals surface area contributed by atoms with Gasteiger partial charge in [0.15, 0.2) is 0 Å². The lowest BCUT2D eigenvalue weighted by molar-refractivity contribution is 0.0626. The topological polar surface area (TPSA) is 77.9 Å². The highest BCUT2D eigenvalue weighted by atomic mass is 32.2.